The zero-order valence-corrected chi connectivity index (χ0v) is 12.0. The second-order valence-electron chi connectivity index (χ2n) is 4.31. The van der Waals surface area contributed by atoms with E-state index in [1.807, 2.05) is 4.90 Å². The molecule has 0 aliphatic heterocycles. The predicted octanol–water partition coefficient (Wildman–Crippen LogP) is 1.68. The van der Waals surface area contributed by atoms with Gasteiger partial charge in [0.25, 0.3) is 0 Å². The molecule has 0 aliphatic carbocycles. The SMILES string of the molecule is CNc1nc(Cl)nc(N(CCOC)CC(C)C)n1. The molecule has 1 aromatic rings. The number of halogens is 1. The van der Waals surface area contributed by atoms with E-state index in [1.54, 1.807) is 14.2 Å². The molecule has 0 amide bonds. The van der Waals surface area contributed by atoms with E-state index in [-0.39, 0.29) is 5.28 Å². The van der Waals surface area contributed by atoms with Gasteiger partial charge in [0.05, 0.1) is 6.61 Å². The van der Waals surface area contributed by atoms with E-state index in [2.05, 4.69) is 34.1 Å². The zero-order valence-electron chi connectivity index (χ0n) is 11.3. The number of ether oxygens (including phenoxy) is 1. The highest BCUT2D eigenvalue weighted by Gasteiger charge is 2.13. The van der Waals surface area contributed by atoms with Crippen LogP contribution in [0.5, 0.6) is 0 Å². The topological polar surface area (TPSA) is 63.2 Å². The van der Waals surface area contributed by atoms with Gasteiger partial charge in [0.2, 0.25) is 17.2 Å². The molecule has 0 aliphatic rings. The number of nitrogens with one attached hydrogen (secondary N) is 1. The van der Waals surface area contributed by atoms with Crippen LogP contribution < -0.4 is 10.2 Å². The number of hydrogen-bond acceptors (Lipinski definition) is 6. The molecule has 0 spiro atoms. The molecule has 0 unspecified atom stereocenters. The van der Waals surface area contributed by atoms with Gasteiger partial charge in [-0.05, 0) is 17.5 Å². The fraction of sp³-hybridized carbons (Fsp3) is 0.727. The Morgan fingerprint density at radius 1 is 1.33 bits per heavy atom. The van der Waals surface area contributed by atoms with Crippen LogP contribution in [0.1, 0.15) is 13.8 Å². The summed E-state index contributed by atoms with van der Waals surface area (Å²) >= 11 is 5.88. The van der Waals surface area contributed by atoms with Crippen molar-refractivity contribution >= 4 is 23.5 Å². The van der Waals surface area contributed by atoms with Crippen LogP contribution in [-0.4, -0.2) is 48.8 Å². The van der Waals surface area contributed by atoms with Gasteiger partial charge in [-0.3, -0.25) is 0 Å². The van der Waals surface area contributed by atoms with Crippen molar-refractivity contribution in [1.29, 1.82) is 0 Å². The van der Waals surface area contributed by atoms with Gasteiger partial charge >= 0.3 is 0 Å². The van der Waals surface area contributed by atoms with E-state index >= 15 is 0 Å². The molecule has 1 heterocycles. The highest BCUT2D eigenvalue weighted by Crippen LogP contribution is 2.14. The van der Waals surface area contributed by atoms with Crippen LogP contribution in [0.15, 0.2) is 0 Å². The number of nitrogens with zero attached hydrogens (tertiary/aromatic N) is 4. The first-order valence-corrected chi connectivity index (χ1v) is 6.27. The molecule has 6 nitrogen and oxygen atoms in total. The number of aromatic nitrogens is 3. The lowest BCUT2D eigenvalue weighted by molar-refractivity contribution is 0.204. The third-order valence-corrected chi connectivity index (χ3v) is 2.42. The summed E-state index contributed by atoms with van der Waals surface area (Å²) in [6, 6.07) is 0. The molecule has 102 valence electrons. The standard InChI is InChI=1S/C11H20ClN5O/c1-8(2)7-17(5-6-18-4)11-15-9(12)14-10(13-3)16-11/h8H,5-7H2,1-4H3,(H,13,14,15,16). The Bertz CT molecular complexity index is 374. The Labute approximate surface area is 113 Å². The van der Waals surface area contributed by atoms with Crippen molar-refractivity contribution in [3.63, 3.8) is 0 Å². The summed E-state index contributed by atoms with van der Waals surface area (Å²) in [5, 5.41) is 3.06. The summed E-state index contributed by atoms with van der Waals surface area (Å²) in [6.07, 6.45) is 0. The van der Waals surface area contributed by atoms with Crippen molar-refractivity contribution in [1.82, 2.24) is 15.0 Å². The van der Waals surface area contributed by atoms with Gasteiger partial charge in [-0.15, -0.1) is 0 Å². The van der Waals surface area contributed by atoms with Crippen LogP contribution in [0, 0.1) is 5.92 Å². The first-order chi connectivity index (χ1) is 8.56. The summed E-state index contributed by atoms with van der Waals surface area (Å²) in [6.45, 7) is 6.46. The summed E-state index contributed by atoms with van der Waals surface area (Å²) in [7, 11) is 3.42. The molecule has 0 radical (unpaired) electrons. The van der Waals surface area contributed by atoms with Crippen LogP contribution in [-0.2, 0) is 4.74 Å². The molecule has 0 aromatic carbocycles. The van der Waals surface area contributed by atoms with Crippen molar-refractivity contribution in [2.45, 2.75) is 13.8 Å². The van der Waals surface area contributed by atoms with E-state index in [4.69, 9.17) is 16.3 Å². The van der Waals surface area contributed by atoms with E-state index < -0.39 is 0 Å². The molecular formula is C11H20ClN5O. The van der Waals surface area contributed by atoms with E-state index in [0.717, 1.165) is 13.1 Å². The third kappa shape index (κ3) is 4.62. The molecule has 7 heteroatoms. The Hall–Kier alpha value is -1.14. The quantitative estimate of drug-likeness (QED) is 0.815. The Morgan fingerprint density at radius 3 is 2.61 bits per heavy atom. The second-order valence-corrected chi connectivity index (χ2v) is 4.65. The van der Waals surface area contributed by atoms with Crippen LogP contribution in [0.2, 0.25) is 5.28 Å². The molecule has 18 heavy (non-hydrogen) atoms. The van der Waals surface area contributed by atoms with E-state index in [0.29, 0.717) is 24.4 Å². The summed E-state index contributed by atoms with van der Waals surface area (Å²) in [5.41, 5.74) is 0. The van der Waals surface area contributed by atoms with Crippen molar-refractivity contribution < 1.29 is 4.74 Å². The highest BCUT2D eigenvalue weighted by molar-refractivity contribution is 6.28. The maximum Gasteiger partial charge on any atom is 0.231 e. The van der Waals surface area contributed by atoms with Crippen molar-refractivity contribution in [2.75, 3.05) is 44.1 Å². The molecule has 1 aromatic heterocycles. The van der Waals surface area contributed by atoms with Crippen LogP contribution in [0.25, 0.3) is 0 Å². The first-order valence-electron chi connectivity index (χ1n) is 5.90. The minimum Gasteiger partial charge on any atom is -0.383 e. The van der Waals surface area contributed by atoms with Crippen molar-refractivity contribution in [3.05, 3.63) is 5.28 Å². The van der Waals surface area contributed by atoms with Gasteiger partial charge in [0.15, 0.2) is 0 Å². The third-order valence-electron chi connectivity index (χ3n) is 2.25. The van der Waals surface area contributed by atoms with Gasteiger partial charge < -0.3 is 15.0 Å². The van der Waals surface area contributed by atoms with Gasteiger partial charge in [-0.25, -0.2) is 0 Å². The largest absolute Gasteiger partial charge is 0.383 e. The smallest absolute Gasteiger partial charge is 0.231 e. The molecule has 0 bridgehead atoms. The van der Waals surface area contributed by atoms with Gasteiger partial charge in [0.1, 0.15) is 0 Å². The molecule has 1 N–H and O–H groups in total. The maximum atomic E-state index is 5.88. The molecule has 1 rings (SSSR count). The molecule has 0 saturated carbocycles. The average molecular weight is 274 g/mol. The normalized spacial score (nSPS) is 10.8. The second kappa shape index (κ2) is 7.33. The van der Waals surface area contributed by atoms with Crippen LogP contribution in [0.3, 0.4) is 0 Å². The lowest BCUT2D eigenvalue weighted by atomic mass is 10.2. The first kappa shape index (κ1) is 14.9. The summed E-state index contributed by atoms with van der Waals surface area (Å²) in [5.74, 6) is 1.54. The molecule has 0 saturated heterocycles. The Balaban J connectivity index is 2.91. The van der Waals surface area contributed by atoms with Gasteiger partial charge in [-0.1, -0.05) is 13.8 Å². The van der Waals surface area contributed by atoms with Gasteiger partial charge in [0, 0.05) is 27.2 Å². The van der Waals surface area contributed by atoms with Crippen molar-refractivity contribution in [3.8, 4) is 0 Å². The maximum absolute atomic E-state index is 5.88. The van der Waals surface area contributed by atoms with Crippen LogP contribution >= 0.6 is 11.6 Å². The fourth-order valence-corrected chi connectivity index (χ4v) is 1.66. The zero-order chi connectivity index (χ0) is 13.5. The van der Waals surface area contributed by atoms with E-state index in [9.17, 15) is 0 Å². The number of hydrogen-bond donors (Lipinski definition) is 1. The highest BCUT2D eigenvalue weighted by atomic mass is 35.5. The lowest BCUT2D eigenvalue weighted by Gasteiger charge is -2.24. The molecule has 0 atom stereocenters. The van der Waals surface area contributed by atoms with Crippen molar-refractivity contribution in [2.24, 2.45) is 5.92 Å². The monoisotopic (exact) mass is 273 g/mol. The number of methoxy groups -OCH3 is 1. The molecule has 0 fully saturated rings. The number of rotatable bonds is 7. The fourth-order valence-electron chi connectivity index (χ4n) is 1.51. The minimum absolute atomic E-state index is 0.190. The predicted molar refractivity (Wildman–Crippen MR) is 73.3 cm³/mol. The number of anilines is 2. The van der Waals surface area contributed by atoms with Gasteiger partial charge in [-0.2, -0.15) is 15.0 Å². The molecular weight excluding hydrogens is 254 g/mol. The lowest BCUT2D eigenvalue weighted by Crippen LogP contribution is -2.32. The Morgan fingerprint density at radius 2 is 2.06 bits per heavy atom. The average Bonchev–Trinajstić information content (AvgIpc) is 2.33. The summed E-state index contributed by atoms with van der Waals surface area (Å²) < 4.78 is 5.10. The van der Waals surface area contributed by atoms with E-state index in [1.165, 1.54) is 0 Å². The Kier molecular flexibility index (Phi) is 6.07. The summed E-state index contributed by atoms with van der Waals surface area (Å²) in [4.78, 5) is 14.5. The minimum atomic E-state index is 0.190. The van der Waals surface area contributed by atoms with Crippen LogP contribution in [0.4, 0.5) is 11.9 Å².